The summed E-state index contributed by atoms with van der Waals surface area (Å²) in [4.78, 5) is 0. The highest BCUT2D eigenvalue weighted by atomic mass is 14.2. The topological polar surface area (TPSA) is 23.8 Å². The van der Waals surface area contributed by atoms with Crippen molar-refractivity contribution in [3.8, 4) is 6.07 Å². The molecule has 0 amide bonds. The molecule has 1 saturated carbocycles. The van der Waals surface area contributed by atoms with Crippen molar-refractivity contribution >= 4 is 0 Å². The minimum Gasteiger partial charge on any atom is -0.193 e. The van der Waals surface area contributed by atoms with Crippen LogP contribution in [-0.2, 0) is 0 Å². The molecular weight excluding hydrogens is 194 g/mol. The fourth-order valence-electron chi connectivity index (χ4n) is 2.49. The van der Waals surface area contributed by atoms with Crippen LogP contribution < -0.4 is 0 Å². The molecule has 1 nitrogen and oxygen atoms in total. The molecule has 0 heterocycles. The minimum atomic E-state index is 0.983. The molecule has 0 aliphatic heterocycles. The molecule has 0 bridgehead atoms. The van der Waals surface area contributed by atoms with Crippen LogP contribution in [0.3, 0.4) is 0 Å². The van der Waals surface area contributed by atoms with E-state index in [-0.39, 0.29) is 0 Å². The highest BCUT2D eigenvalue weighted by molar-refractivity contribution is 5.25. The van der Waals surface area contributed by atoms with Crippen LogP contribution in [0.5, 0.6) is 0 Å². The van der Waals surface area contributed by atoms with Crippen LogP contribution in [0.15, 0.2) is 11.1 Å². The van der Waals surface area contributed by atoms with Crippen LogP contribution in [0.25, 0.3) is 0 Å². The maximum absolute atomic E-state index is 8.97. The largest absolute Gasteiger partial charge is 0.193 e. The number of allylic oxidation sites excluding steroid dienone is 2. The predicted octanol–water partition coefficient (Wildman–Crippen LogP) is 5.13. The van der Waals surface area contributed by atoms with E-state index >= 15 is 0 Å². The Balaban J connectivity index is 2.46. The zero-order valence-corrected chi connectivity index (χ0v) is 10.7. The Hall–Kier alpha value is -0.770. The summed E-state index contributed by atoms with van der Waals surface area (Å²) in [7, 11) is 0. The molecule has 0 aromatic carbocycles. The third kappa shape index (κ3) is 5.35. The molecule has 1 heteroatoms. The van der Waals surface area contributed by atoms with Crippen molar-refractivity contribution in [2.75, 3.05) is 0 Å². The second-order valence-corrected chi connectivity index (χ2v) is 5.02. The molecule has 16 heavy (non-hydrogen) atoms. The first-order chi connectivity index (χ1) is 7.84. The quantitative estimate of drug-likeness (QED) is 0.518. The first kappa shape index (κ1) is 13.3. The SMILES string of the molecule is CC(C#N)=C1CCCCCCCCCCC1. The lowest BCUT2D eigenvalue weighted by Gasteiger charge is -2.10. The van der Waals surface area contributed by atoms with Gasteiger partial charge < -0.3 is 0 Å². The van der Waals surface area contributed by atoms with Gasteiger partial charge in [-0.05, 0) is 32.6 Å². The van der Waals surface area contributed by atoms with E-state index in [0.717, 1.165) is 5.57 Å². The standard InChI is InChI=1S/C15H25N/c1-14(13-16)15-11-9-7-5-3-2-4-6-8-10-12-15/h2-12H2,1H3. The summed E-state index contributed by atoms with van der Waals surface area (Å²) in [6.45, 7) is 1.99. The lowest BCUT2D eigenvalue weighted by Crippen LogP contribution is -1.92. The summed E-state index contributed by atoms with van der Waals surface area (Å²) in [6, 6.07) is 2.33. The van der Waals surface area contributed by atoms with Gasteiger partial charge in [0.1, 0.15) is 0 Å². The highest BCUT2D eigenvalue weighted by Gasteiger charge is 2.04. The van der Waals surface area contributed by atoms with Gasteiger partial charge >= 0.3 is 0 Å². The van der Waals surface area contributed by atoms with Gasteiger partial charge in [0, 0.05) is 5.57 Å². The maximum atomic E-state index is 8.97. The first-order valence-corrected chi connectivity index (χ1v) is 6.93. The second kappa shape index (κ2) is 8.39. The zero-order valence-electron chi connectivity index (χ0n) is 10.7. The summed E-state index contributed by atoms with van der Waals surface area (Å²) >= 11 is 0. The van der Waals surface area contributed by atoms with E-state index in [1.54, 1.807) is 0 Å². The highest BCUT2D eigenvalue weighted by Crippen LogP contribution is 2.22. The summed E-state index contributed by atoms with van der Waals surface area (Å²) in [5, 5.41) is 8.97. The van der Waals surface area contributed by atoms with Crippen LogP contribution in [0, 0.1) is 11.3 Å². The van der Waals surface area contributed by atoms with Crippen molar-refractivity contribution in [1.29, 1.82) is 5.26 Å². The summed E-state index contributed by atoms with van der Waals surface area (Å²) < 4.78 is 0. The van der Waals surface area contributed by atoms with Gasteiger partial charge in [0.2, 0.25) is 0 Å². The van der Waals surface area contributed by atoms with Crippen LogP contribution in [0.2, 0.25) is 0 Å². The van der Waals surface area contributed by atoms with E-state index in [0.29, 0.717) is 0 Å². The first-order valence-electron chi connectivity index (χ1n) is 6.93. The van der Waals surface area contributed by atoms with Crippen molar-refractivity contribution in [2.45, 2.75) is 77.6 Å². The lowest BCUT2D eigenvalue weighted by atomic mass is 9.95. The van der Waals surface area contributed by atoms with E-state index in [1.165, 1.54) is 76.2 Å². The smallest absolute Gasteiger partial charge is 0.0943 e. The van der Waals surface area contributed by atoms with Gasteiger partial charge in [-0.3, -0.25) is 0 Å². The van der Waals surface area contributed by atoms with Crippen molar-refractivity contribution in [3.63, 3.8) is 0 Å². The van der Waals surface area contributed by atoms with Gasteiger partial charge in [0.25, 0.3) is 0 Å². The minimum absolute atomic E-state index is 0.983. The second-order valence-electron chi connectivity index (χ2n) is 5.02. The van der Waals surface area contributed by atoms with Crippen molar-refractivity contribution < 1.29 is 0 Å². The van der Waals surface area contributed by atoms with Gasteiger partial charge in [0.15, 0.2) is 0 Å². The average molecular weight is 219 g/mol. The van der Waals surface area contributed by atoms with E-state index in [9.17, 15) is 0 Å². The Morgan fingerprint density at radius 1 is 0.812 bits per heavy atom. The molecule has 1 rings (SSSR count). The molecule has 90 valence electrons. The Labute approximate surface area is 101 Å². The average Bonchev–Trinajstić information content (AvgIpc) is 2.29. The van der Waals surface area contributed by atoms with E-state index < -0.39 is 0 Å². The number of hydrogen-bond acceptors (Lipinski definition) is 1. The molecule has 0 radical (unpaired) electrons. The van der Waals surface area contributed by atoms with E-state index in [2.05, 4.69) is 6.07 Å². The van der Waals surface area contributed by atoms with Crippen LogP contribution in [0.4, 0.5) is 0 Å². The monoisotopic (exact) mass is 219 g/mol. The Kier molecular flexibility index (Phi) is 6.97. The van der Waals surface area contributed by atoms with Gasteiger partial charge in [-0.25, -0.2) is 0 Å². The molecular formula is C15H25N. The van der Waals surface area contributed by atoms with Gasteiger partial charge in [0.05, 0.1) is 6.07 Å². The molecule has 0 saturated heterocycles. The van der Waals surface area contributed by atoms with Crippen molar-refractivity contribution in [3.05, 3.63) is 11.1 Å². The van der Waals surface area contributed by atoms with Crippen LogP contribution >= 0.6 is 0 Å². The fraction of sp³-hybridized carbons (Fsp3) is 0.800. The third-order valence-electron chi connectivity index (χ3n) is 3.66. The molecule has 0 aromatic heterocycles. The Morgan fingerprint density at radius 2 is 1.19 bits per heavy atom. The Bertz CT molecular complexity index is 243. The summed E-state index contributed by atoms with van der Waals surface area (Å²) in [6.07, 6.45) is 14.6. The van der Waals surface area contributed by atoms with Gasteiger partial charge in [-0.1, -0.05) is 50.5 Å². The molecule has 0 spiro atoms. The van der Waals surface area contributed by atoms with Crippen LogP contribution in [-0.4, -0.2) is 0 Å². The van der Waals surface area contributed by atoms with Gasteiger partial charge in [-0.2, -0.15) is 5.26 Å². The molecule has 1 aliphatic carbocycles. The Morgan fingerprint density at radius 3 is 1.56 bits per heavy atom. The summed E-state index contributed by atoms with van der Waals surface area (Å²) in [5.74, 6) is 0. The predicted molar refractivity (Wildman–Crippen MR) is 69.1 cm³/mol. The van der Waals surface area contributed by atoms with Crippen molar-refractivity contribution in [1.82, 2.24) is 0 Å². The number of rotatable bonds is 0. The number of nitriles is 1. The van der Waals surface area contributed by atoms with E-state index in [1.807, 2.05) is 6.92 Å². The molecule has 1 aliphatic rings. The van der Waals surface area contributed by atoms with Gasteiger partial charge in [-0.15, -0.1) is 0 Å². The maximum Gasteiger partial charge on any atom is 0.0943 e. The summed E-state index contributed by atoms with van der Waals surface area (Å²) in [5.41, 5.74) is 2.42. The van der Waals surface area contributed by atoms with Crippen LogP contribution in [0.1, 0.15) is 77.6 Å². The lowest BCUT2D eigenvalue weighted by molar-refractivity contribution is 0.539. The molecule has 0 unspecified atom stereocenters. The normalized spacial score (nSPS) is 20.4. The zero-order chi connectivity index (χ0) is 11.6. The van der Waals surface area contributed by atoms with E-state index in [4.69, 9.17) is 5.26 Å². The molecule has 0 atom stereocenters. The van der Waals surface area contributed by atoms with Crippen molar-refractivity contribution in [2.24, 2.45) is 0 Å². The molecule has 0 aromatic rings. The fourth-order valence-corrected chi connectivity index (χ4v) is 2.49. The number of nitrogens with zero attached hydrogens (tertiary/aromatic N) is 1. The third-order valence-corrected chi connectivity index (χ3v) is 3.66. The molecule has 0 N–H and O–H groups in total. The number of hydrogen-bond donors (Lipinski definition) is 0. The molecule has 1 fully saturated rings.